The van der Waals surface area contributed by atoms with Gasteiger partial charge in [-0.05, 0) is 17.7 Å². The number of alkyl halides is 2. The summed E-state index contributed by atoms with van der Waals surface area (Å²) in [5.74, 6) is 1.06. The highest BCUT2D eigenvalue weighted by Gasteiger charge is 2.11. The van der Waals surface area contributed by atoms with Crippen molar-refractivity contribution in [1.82, 2.24) is 9.80 Å². The molecule has 0 unspecified atom stereocenters. The molecule has 1 rings (SSSR count). The third kappa shape index (κ3) is 5.09. The van der Waals surface area contributed by atoms with Crippen molar-refractivity contribution in [2.45, 2.75) is 13.2 Å². The lowest BCUT2D eigenvalue weighted by molar-refractivity contribution is -0.0512. The van der Waals surface area contributed by atoms with Gasteiger partial charge < -0.3 is 19.3 Å². The van der Waals surface area contributed by atoms with Crippen molar-refractivity contribution in [3.63, 3.8) is 0 Å². The lowest BCUT2D eigenvalue weighted by Crippen LogP contribution is -2.35. The molecule has 0 saturated heterocycles. The fourth-order valence-corrected chi connectivity index (χ4v) is 1.85. The Kier molecular flexibility index (Phi) is 6.20. The van der Waals surface area contributed by atoms with Gasteiger partial charge in [0.15, 0.2) is 17.5 Å². The van der Waals surface area contributed by atoms with Crippen LogP contribution in [0.25, 0.3) is 0 Å². The van der Waals surface area contributed by atoms with E-state index in [2.05, 4.69) is 9.73 Å². The molecular weight excluding hydrogens is 280 g/mol. The van der Waals surface area contributed by atoms with E-state index in [0.717, 1.165) is 11.5 Å². The molecule has 0 aliphatic carbocycles. The quantitative estimate of drug-likeness (QED) is 0.617. The maximum absolute atomic E-state index is 12.4. The zero-order valence-electron chi connectivity index (χ0n) is 12.9. The van der Waals surface area contributed by atoms with Crippen LogP contribution in [0.1, 0.15) is 5.56 Å². The van der Waals surface area contributed by atoms with E-state index in [1.54, 1.807) is 12.1 Å². The topological polar surface area (TPSA) is 37.3 Å². The second-order valence-corrected chi connectivity index (χ2v) is 4.77. The average molecular weight is 301 g/mol. The maximum atomic E-state index is 12.4. The first-order valence-corrected chi connectivity index (χ1v) is 6.36. The number of rotatable bonds is 5. The predicted octanol–water partition coefficient (Wildman–Crippen LogP) is 2.28. The van der Waals surface area contributed by atoms with E-state index in [1.807, 2.05) is 38.0 Å². The fourth-order valence-electron chi connectivity index (χ4n) is 1.85. The van der Waals surface area contributed by atoms with Crippen molar-refractivity contribution in [1.29, 1.82) is 0 Å². The molecule has 1 aromatic rings. The number of halogens is 2. The van der Waals surface area contributed by atoms with Gasteiger partial charge in [-0.15, -0.1) is 0 Å². The minimum absolute atomic E-state index is 0.0106. The Balaban J connectivity index is 2.96. The first kappa shape index (κ1) is 17.0. The molecule has 1 aromatic carbocycles. The zero-order chi connectivity index (χ0) is 16.0. The predicted molar refractivity (Wildman–Crippen MR) is 78.1 cm³/mol. The summed E-state index contributed by atoms with van der Waals surface area (Å²) in [5.41, 5.74) is 0.757. The molecule has 0 aromatic heterocycles. The molecule has 0 atom stereocenters. The number of hydrogen-bond acceptors (Lipinski definition) is 3. The summed E-state index contributed by atoms with van der Waals surface area (Å²) < 4.78 is 34.2. The highest BCUT2D eigenvalue weighted by atomic mass is 19.3. The van der Waals surface area contributed by atoms with Crippen LogP contribution in [0.5, 0.6) is 11.5 Å². The largest absolute Gasteiger partial charge is 0.493 e. The van der Waals surface area contributed by atoms with Gasteiger partial charge in [0, 0.05) is 28.2 Å². The molecule has 0 aliphatic rings. The molecule has 0 bridgehead atoms. The molecule has 0 N–H and O–H groups in total. The smallest absolute Gasteiger partial charge is 0.387 e. The summed E-state index contributed by atoms with van der Waals surface area (Å²) in [7, 11) is 8.95. The number of methoxy groups -OCH3 is 1. The van der Waals surface area contributed by atoms with E-state index in [9.17, 15) is 8.78 Å². The molecule has 21 heavy (non-hydrogen) atoms. The van der Waals surface area contributed by atoms with Crippen LogP contribution in [0.15, 0.2) is 23.2 Å². The van der Waals surface area contributed by atoms with Gasteiger partial charge >= 0.3 is 6.61 Å². The van der Waals surface area contributed by atoms with Crippen molar-refractivity contribution in [2.24, 2.45) is 4.99 Å². The van der Waals surface area contributed by atoms with Crippen LogP contribution >= 0.6 is 0 Å². The second-order valence-electron chi connectivity index (χ2n) is 4.77. The van der Waals surface area contributed by atoms with E-state index >= 15 is 0 Å². The Morgan fingerprint density at radius 1 is 1.14 bits per heavy atom. The first-order chi connectivity index (χ1) is 9.85. The van der Waals surface area contributed by atoms with Crippen LogP contribution in [0.2, 0.25) is 0 Å². The lowest BCUT2D eigenvalue weighted by atomic mass is 10.2. The number of aliphatic imine (C=N–C) groups is 1. The molecule has 0 radical (unpaired) electrons. The van der Waals surface area contributed by atoms with Gasteiger partial charge in [-0.1, -0.05) is 6.07 Å². The SMILES string of the molecule is COc1ccc(CN=C(N(C)C)N(C)C)cc1OC(F)F. The molecule has 7 heteroatoms. The second kappa shape index (κ2) is 7.66. The monoisotopic (exact) mass is 301 g/mol. The van der Waals surface area contributed by atoms with E-state index < -0.39 is 6.61 Å². The molecule has 0 fully saturated rings. The number of benzene rings is 1. The van der Waals surface area contributed by atoms with E-state index in [0.29, 0.717) is 6.54 Å². The minimum atomic E-state index is -2.89. The van der Waals surface area contributed by atoms with E-state index in [1.165, 1.54) is 13.2 Å². The van der Waals surface area contributed by atoms with Gasteiger partial charge in [-0.25, -0.2) is 4.99 Å². The standard InChI is InChI=1S/C14H21F2N3O2/c1-18(2)14(19(3)4)17-9-10-6-7-11(20-5)12(8-10)21-13(15)16/h6-8,13H,9H2,1-5H3. The van der Waals surface area contributed by atoms with Gasteiger partial charge in [0.05, 0.1) is 13.7 Å². The summed E-state index contributed by atoms with van der Waals surface area (Å²) in [6, 6.07) is 4.87. The number of nitrogens with zero attached hydrogens (tertiary/aromatic N) is 3. The maximum Gasteiger partial charge on any atom is 0.387 e. The van der Waals surface area contributed by atoms with Crippen molar-refractivity contribution < 1.29 is 18.3 Å². The van der Waals surface area contributed by atoms with E-state index in [4.69, 9.17) is 4.74 Å². The first-order valence-electron chi connectivity index (χ1n) is 6.36. The van der Waals surface area contributed by atoms with Crippen LogP contribution in [-0.2, 0) is 6.54 Å². The molecule has 0 aliphatic heterocycles. The lowest BCUT2D eigenvalue weighted by Gasteiger charge is -2.22. The van der Waals surface area contributed by atoms with Crippen LogP contribution in [0.3, 0.4) is 0 Å². The molecule has 0 spiro atoms. The molecule has 0 saturated carbocycles. The highest BCUT2D eigenvalue weighted by Crippen LogP contribution is 2.29. The van der Waals surface area contributed by atoms with Crippen molar-refractivity contribution >= 4 is 5.96 Å². The normalized spacial score (nSPS) is 10.3. The Morgan fingerprint density at radius 3 is 2.24 bits per heavy atom. The Bertz CT molecular complexity index is 481. The zero-order valence-corrected chi connectivity index (χ0v) is 12.9. The fraction of sp³-hybridized carbons (Fsp3) is 0.500. The van der Waals surface area contributed by atoms with Crippen molar-refractivity contribution in [3.05, 3.63) is 23.8 Å². The van der Waals surface area contributed by atoms with Crippen LogP contribution in [0, 0.1) is 0 Å². The average Bonchev–Trinajstić information content (AvgIpc) is 2.37. The summed E-state index contributed by atoms with van der Waals surface area (Å²) in [6.45, 7) is -2.54. The van der Waals surface area contributed by atoms with Gasteiger partial charge in [0.2, 0.25) is 0 Å². The van der Waals surface area contributed by atoms with E-state index in [-0.39, 0.29) is 11.5 Å². The van der Waals surface area contributed by atoms with Gasteiger partial charge in [0.25, 0.3) is 0 Å². The molecule has 5 nitrogen and oxygen atoms in total. The van der Waals surface area contributed by atoms with Crippen LogP contribution in [0.4, 0.5) is 8.78 Å². The Morgan fingerprint density at radius 2 is 1.76 bits per heavy atom. The number of hydrogen-bond donors (Lipinski definition) is 0. The summed E-state index contributed by atoms with van der Waals surface area (Å²) in [4.78, 5) is 8.20. The minimum Gasteiger partial charge on any atom is -0.493 e. The molecule has 118 valence electrons. The summed E-state index contributed by atoms with van der Waals surface area (Å²) >= 11 is 0. The summed E-state index contributed by atoms with van der Waals surface area (Å²) in [6.07, 6.45) is 0. The Labute approximate surface area is 123 Å². The molecular formula is C14H21F2N3O2. The molecule has 0 amide bonds. The third-order valence-corrected chi connectivity index (χ3v) is 2.65. The van der Waals surface area contributed by atoms with Crippen molar-refractivity contribution in [3.8, 4) is 11.5 Å². The van der Waals surface area contributed by atoms with Gasteiger partial charge in [-0.2, -0.15) is 8.78 Å². The van der Waals surface area contributed by atoms with Gasteiger partial charge in [-0.3, -0.25) is 0 Å². The van der Waals surface area contributed by atoms with Gasteiger partial charge in [0.1, 0.15) is 0 Å². The van der Waals surface area contributed by atoms with Crippen LogP contribution in [-0.4, -0.2) is 57.7 Å². The number of guanidine groups is 1. The van der Waals surface area contributed by atoms with Crippen molar-refractivity contribution in [2.75, 3.05) is 35.3 Å². The molecule has 0 heterocycles. The highest BCUT2D eigenvalue weighted by molar-refractivity contribution is 5.79. The van der Waals surface area contributed by atoms with Crippen LogP contribution < -0.4 is 9.47 Å². The number of ether oxygens (including phenoxy) is 2. The Hall–Kier alpha value is -2.05. The third-order valence-electron chi connectivity index (χ3n) is 2.65. The summed E-state index contributed by atoms with van der Waals surface area (Å²) in [5, 5.41) is 0.